The summed E-state index contributed by atoms with van der Waals surface area (Å²) in [5.41, 5.74) is 11.2. The van der Waals surface area contributed by atoms with Crippen LogP contribution < -0.4 is 0 Å². The van der Waals surface area contributed by atoms with Gasteiger partial charge in [0.25, 0.3) is 0 Å². The Labute approximate surface area is 295 Å². The van der Waals surface area contributed by atoms with E-state index >= 15 is 0 Å². The van der Waals surface area contributed by atoms with Crippen molar-refractivity contribution in [1.29, 1.82) is 0 Å². The Kier molecular flexibility index (Phi) is 6.78. The van der Waals surface area contributed by atoms with Crippen molar-refractivity contribution < 1.29 is 0 Å². The Morgan fingerprint density at radius 3 is 1.59 bits per heavy atom. The van der Waals surface area contributed by atoms with Crippen molar-refractivity contribution >= 4 is 43.5 Å². The number of para-hydroxylation sites is 2. The first-order valence-corrected chi connectivity index (χ1v) is 17.2. The summed E-state index contributed by atoms with van der Waals surface area (Å²) in [6.45, 7) is 0. The van der Waals surface area contributed by atoms with Crippen LogP contribution in [0.3, 0.4) is 0 Å². The quantitative estimate of drug-likeness (QED) is 0.174. The average Bonchev–Trinajstić information content (AvgIpc) is 3.54. The molecule has 4 heteroatoms. The number of benzene rings is 7. The normalized spacial score (nSPS) is 11.5. The lowest BCUT2D eigenvalue weighted by molar-refractivity contribution is 1.18. The highest BCUT2D eigenvalue weighted by Gasteiger charge is 2.18. The van der Waals surface area contributed by atoms with Crippen LogP contribution in [0.15, 0.2) is 182 Å². The molecule has 0 unspecified atom stereocenters. The van der Waals surface area contributed by atoms with Crippen LogP contribution >= 0.6 is 0 Å². The van der Waals surface area contributed by atoms with Crippen LogP contribution in [-0.2, 0) is 0 Å². The van der Waals surface area contributed by atoms with Crippen molar-refractivity contribution in [1.82, 2.24) is 19.5 Å². The van der Waals surface area contributed by atoms with Gasteiger partial charge in [-0.2, -0.15) is 0 Å². The minimum Gasteiger partial charge on any atom is -0.309 e. The van der Waals surface area contributed by atoms with Crippen LogP contribution in [0, 0.1) is 0 Å². The molecule has 10 aromatic rings. The van der Waals surface area contributed by atoms with Gasteiger partial charge in [-0.3, -0.25) is 0 Å². The molecular weight excluding hydrogens is 621 g/mol. The molecular formula is C47H30N4. The van der Waals surface area contributed by atoms with Gasteiger partial charge in [0.1, 0.15) is 0 Å². The molecule has 0 atom stereocenters. The molecule has 10 rings (SSSR count). The first-order valence-electron chi connectivity index (χ1n) is 17.2. The summed E-state index contributed by atoms with van der Waals surface area (Å²) < 4.78 is 2.37. The fraction of sp³-hybridized carbons (Fsp3) is 0. The second kappa shape index (κ2) is 11.9. The van der Waals surface area contributed by atoms with Gasteiger partial charge in [-0.05, 0) is 47.9 Å². The van der Waals surface area contributed by atoms with Gasteiger partial charge in [-0.1, -0.05) is 140 Å². The van der Waals surface area contributed by atoms with Gasteiger partial charge in [-0.25, -0.2) is 15.0 Å². The highest BCUT2D eigenvalue weighted by molar-refractivity contribution is 6.20. The van der Waals surface area contributed by atoms with Crippen molar-refractivity contribution in [3.8, 4) is 50.8 Å². The third-order valence-electron chi connectivity index (χ3n) is 9.77. The topological polar surface area (TPSA) is 43.6 Å². The van der Waals surface area contributed by atoms with Gasteiger partial charge in [0.2, 0.25) is 0 Å². The number of pyridine rings is 1. The maximum Gasteiger partial charge on any atom is 0.160 e. The number of aromatic nitrogens is 4. The van der Waals surface area contributed by atoms with Gasteiger partial charge in [0.05, 0.1) is 33.6 Å². The molecule has 0 aliphatic heterocycles. The Balaban J connectivity index is 1.25. The van der Waals surface area contributed by atoms with Crippen molar-refractivity contribution in [2.24, 2.45) is 0 Å². The first-order chi connectivity index (χ1) is 25.3. The van der Waals surface area contributed by atoms with E-state index in [1.54, 1.807) is 0 Å². The van der Waals surface area contributed by atoms with Gasteiger partial charge in [0, 0.05) is 49.5 Å². The van der Waals surface area contributed by atoms with Gasteiger partial charge in [-0.15, -0.1) is 0 Å². The molecule has 0 aliphatic rings. The summed E-state index contributed by atoms with van der Waals surface area (Å²) in [5.74, 6) is 0.668. The maximum absolute atomic E-state index is 5.42. The molecule has 238 valence electrons. The molecule has 0 N–H and O–H groups in total. The number of hydrogen-bond donors (Lipinski definition) is 0. The molecule has 4 nitrogen and oxygen atoms in total. The van der Waals surface area contributed by atoms with Crippen LogP contribution in [0.1, 0.15) is 0 Å². The Hall–Kier alpha value is -6.91. The van der Waals surface area contributed by atoms with Crippen LogP contribution in [0.2, 0.25) is 0 Å². The van der Waals surface area contributed by atoms with Crippen molar-refractivity contribution in [2.45, 2.75) is 0 Å². The summed E-state index contributed by atoms with van der Waals surface area (Å²) >= 11 is 0. The zero-order valence-electron chi connectivity index (χ0n) is 27.6. The van der Waals surface area contributed by atoms with E-state index < -0.39 is 0 Å². The molecule has 0 radical (unpaired) electrons. The molecule has 7 aromatic carbocycles. The molecule has 0 fully saturated rings. The smallest absolute Gasteiger partial charge is 0.160 e. The van der Waals surface area contributed by atoms with E-state index in [9.17, 15) is 0 Å². The minimum absolute atomic E-state index is 0.668. The third kappa shape index (κ3) is 4.96. The van der Waals surface area contributed by atoms with Crippen LogP contribution in [0.4, 0.5) is 0 Å². The zero-order chi connectivity index (χ0) is 33.7. The van der Waals surface area contributed by atoms with Crippen LogP contribution in [-0.4, -0.2) is 19.5 Å². The molecule has 0 bridgehead atoms. The lowest BCUT2D eigenvalue weighted by atomic mass is 9.97. The monoisotopic (exact) mass is 650 g/mol. The number of rotatable bonds is 5. The van der Waals surface area contributed by atoms with E-state index in [-0.39, 0.29) is 0 Å². The molecule has 51 heavy (non-hydrogen) atoms. The molecule has 0 saturated heterocycles. The SMILES string of the molecule is c1ccc(-c2cc(-c3ccccc3)nc(-c3ccc4c(c3)nc(-c3ccccc3)c3cc5c(cc34)c3ccccc3n5-c3ccccc3)n2)cc1. The summed E-state index contributed by atoms with van der Waals surface area (Å²) in [4.78, 5) is 15.6. The molecule has 0 amide bonds. The summed E-state index contributed by atoms with van der Waals surface area (Å²) in [6, 6.07) is 63.7. The number of nitrogens with zero attached hydrogens (tertiary/aromatic N) is 4. The lowest BCUT2D eigenvalue weighted by Gasteiger charge is -2.14. The van der Waals surface area contributed by atoms with E-state index in [0.717, 1.165) is 72.2 Å². The predicted octanol–water partition coefficient (Wildman–Crippen LogP) is 11.9. The Morgan fingerprint density at radius 2 is 0.922 bits per heavy atom. The second-order valence-corrected chi connectivity index (χ2v) is 12.9. The lowest BCUT2D eigenvalue weighted by Crippen LogP contribution is -1.97. The minimum atomic E-state index is 0.668. The highest BCUT2D eigenvalue weighted by Crippen LogP contribution is 2.40. The van der Waals surface area contributed by atoms with E-state index in [1.165, 1.54) is 16.3 Å². The standard InChI is InChI=1S/C47H30N4/c1-5-15-31(16-6-1)41-30-42(32-17-7-2-8-18-32)50-47(49-41)34-25-26-36-38-28-39-37-23-13-14-24-44(37)51(35-21-11-4-12-22-35)45(39)29-40(38)46(48-43(36)27-34)33-19-9-3-10-20-33/h1-30H. The van der Waals surface area contributed by atoms with E-state index in [0.29, 0.717) is 5.82 Å². The fourth-order valence-corrected chi connectivity index (χ4v) is 7.37. The largest absolute Gasteiger partial charge is 0.309 e. The molecule has 0 spiro atoms. The summed E-state index contributed by atoms with van der Waals surface area (Å²) in [5, 5.41) is 5.80. The Morgan fingerprint density at radius 1 is 0.333 bits per heavy atom. The number of hydrogen-bond acceptors (Lipinski definition) is 3. The summed E-state index contributed by atoms with van der Waals surface area (Å²) in [6.07, 6.45) is 0. The average molecular weight is 651 g/mol. The molecule has 3 aromatic heterocycles. The van der Waals surface area contributed by atoms with Crippen LogP contribution in [0.25, 0.3) is 94.3 Å². The van der Waals surface area contributed by atoms with Gasteiger partial charge < -0.3 is 4.57 Å². The molecule has 0 aliphatic carbocycles. The van der Waals surface area contributed by atoms with Crippen molar-refractivity contribution in [3.63, 3.8) is 0 Å². The van der Waals surface area contributed by atoms with E-state index in [1.807, 2.05) is 36.4 Å². The maximum atomic E-state index is 5.42. The molecule has 0 saturated carbocycles. The number of fused-ring (bicyclic) bond motifs is 6. The second-order valence-electron chi connectivity index (χ2n) is 12.9. The predicted molar refractivity (Wildman–Crippen MR) is 211 cm³/mol. The fourth-order valence-electron chi connectivity index (χ4n) is 7.37. The van der Waals surface area contributed by atoms with Gasteiger partial charge in [0.15, 0.2) is 5.82 Å². The van der Waals surface area contributed by atoms with E-state index in [4.69, 9.17) is 15.0 Å². The summed E-state index contributed by atoms with van der Waals surface area (Å²) in [7, 11) is 0. The van der Waals surface area contributed by atoms with Crippen LogP contribution in [0.5, 0.6) is 0 Å². The third-order valence-corrected chi connectivity index (χ3v) is 9.77. The van der Waals surface area contributed by atoms with Crippen molar-refractivity contribution in [3.05, 3.63) is 182 Å². The van der Waals surface area contributed by atoms with Gasteiger partial charge >= 0.3 is 0 Å². The van der Waals surface area contributed by atoms with E-state index in [2.05, 4.69) is 150 Å². The Bertz CT molecular complexity index is 2820. The molecule has 3 heterocycles. The highest BCUT2D eigenvalue weighted by atomic mass is 15.0. The zero-order valence-corrected chi connectivity index (χ0v) is 27.6. The van der Waals surface area contributed by atoms with Crippen molar-refractivity contribution in [2.75, 3.05) is 0 Å². The first kappa shape index (κ1) is 29.0.